The average molecular weight is 475 g/mol. The summed E-state index contributed by atoms with van der Waals surface area (Å²) in [5, 5.41) is 19.6. The van der Waals surface area contributed by atoms with Crippen molar-refractivity contribution in [2.24, 2.45) is 11.8 Å². The molecule has 2 rings (SSSR count). The van der Waals surface area contributed by atoms with Gasteiger partial charge in [0.25, 0.3) is 0 Å². The zero-order chi connectivity index (χ0) is 25.3. The van der Waals surface area contributed by atoms with Crippen molar-refractivity contribution in [2.75, 3.05) is 18.5 Å². The number of aryl methyl sites for hydroxylation is 1. The van der Waals surface area contributed by atoms with Crippen LogP contribution in [0.5, 0.6) is 0 Å². The second-order valence-corrected chi connectivity index (χ2v) is 8.98. The molecule has 1 aliphatic rings. The van der Waals surface area contributed by atoms with Crippen LogP contribution in [0.3, 0.4) is 0 Å². The maximum atomic E-state index is 13.0. The third-order valence-corrected chi connectivity index (χ3v) is 5.71. The lowest BCUT2D eigenvalue weighted by Gasteiger charge is -2.27. The number of ketones is 1. The van der Waals surface area contributed by atoms with Gasteiger partial charge < -0.3 is 26.4 Å². The number of para-hydroxylation sites is 1. The molecule has 0 spiro atoms. The van der Waals surface area contributed by atoms with E-state index in [4.69, 9.17) is 0 Å². The molecule has 0 unspecified atom stereocenters. The van der Waals surface area contributed by atoms with Gasteiger partial charge in [-0.05, 0) is 50.2 Å². The molecule has 1 saturated heterocycles. The largest absolute Gasteiger partial charge is 0.389 e. The van der Waals surface area contributed by atoms with Crippen LogP contribution in [-0.4, -0.2) is 59.8 Å². The fourth-order valence-corrected chi connectivity index (χ4v) is 3.82. The highest BCUT2D eigenvalue weighted by Crippen LogP contribution is 2.18. The quantitative estimate of drug-likeness (QED) is 0.310. The number of piperidine rings is 1. The number of Topliss-reactive ketones (excluding diaryl/α,β-unsaturated/α-hetero) is 1. The Morgan fingerprint density at radius 1 is 1.09 bits per heavy atom. The predicted octanol–water partition coefficient (Wildman–Crippen LogP) is 0.427. The first-order chi connectivity index (χ1) is 16.1. The van der Waals surface area contributed by atoms with E-state index in [0.717, 1.165) is 12.0 Å². The number of hydrogen-bond acceptors (Lipinski definition) is 6. The Morgan fingerprint density at radius 2 is 1.79 bits per heavy atom. The van der Waals surface area contributed by atoms with Crippen LogP contribution in [0.25, 0.3) is 0 Å². The molecule has 10 heteroatoms. The summed E-state index contributed by atoms with van der Waals surface area (Å²) in [6.45, 7) is 5.26. The molecule has 0 aliphatic carbocycles. The van der Waals surface area contributed by atoms with Crippen molar-refractivity contribution in [3.05, 3.63) is 29.8 Å². The lowest BCUT2D eigenvalue weighted by atomic mass is 9.90. The summed E-state index contributed by atoms with van der Waals surface area (Å²) in [5.41, 5.74) is 1.25. The standard InChI is InChI=1S/C24H34N4O6/c1-14(2)11-19(28-24(34)23(33)26-17-9-5-4-7-15(17)3)22(32)27-18(20(30)13-29)12-16-8-6-10-25-21(16)31/h4-5,7,9,14,16,18-19,29H,6,8,10-13H2,1-3H3,(H,25,31)(H,26,33)(H,27,32)(H,28,34)/t16-,18-,19-/m0/s1. The van der Waals surface area contributed by atoms with Crippen molar-refractivity contribution in [3.8, 4) is 0 Å². The van der Waals surface area contributed by atoms with Gasteiger partial charge >= 0.3 is 11.8 Å². The number of aliphatic hydroxyl groups is 1. The van der Waals surface area contributed by atoms with E-state index in [2.05, 4.69) is 21.3 Å². The Labute approximate surface area is 199 Å². The number of aliphatic hydroxyl groups excluding tert-OH is 1. The van der Waals surface area contributed by atoms with E-state index < -0.39 is 48.1 Å². The molecule has 0 aromatic heterocycles. The van der Waals surface area contributed by atoms with Crippen molar-refractivity contribution in [1.82, 2.24) is 16.0 Å². The first-order valence-corrected chi connectivity index (χ1v) is 11.5. The maximum Gasteiger partial charge on any atom is 0.313 e. The summed E-state index contributed by atoms with van der Waals surface area (Å²) < 4.78 is 0. The molecule has 1 aromatic carbocycles. The Bertz CT molecular complexity index is 916. The minimum atomic E-state index is -1.08. The molecule has 3 atom stereocenters. The highest BCUT2D eigenvalue weighted by atomic mass is 16.3. The first-order valence-electron chi connectivity index (χ1n) is 11.5. The fourth-order valence-electron chi connectivity index (χ4n) is 3.82. The Hall–Kier alpha value is -3.27. The number of nitrogens with one attached hydrogen (secondary N) is 4. The van der Waals surface area contributed by atoms with Gasteiger partial charge in [-0.25, -0.2) is 0 Å². The molecule has 0 saturated carbocycles. The van der Waals surface area contributed by atoms with E-state index in [9.17, 15) is 29.1 Å². The minimum Gasteiger partial charge on any atom is -0.389 e. The molecule has 10 nitrogen and oxygen atoms in total. The van der Waals surface area contributed by atoms with Gasteiger partial charge in [0, 0.05) is 18.2 Å². The van der Waals surface area contributed by atoms with Gasteiger partial charge in [0.2, 0.25) is 11.8 Å². The lowest BCUT2D eigenvalue weighted by Crippen LogP contribution is -2.55. The summed E-state index contributed by atoms with van der Waals surface area (Å²) in [4.78, 5) is 62.3. The molecule has 4 amide bonds. The minimum absolute atomic E-state index is 0.00778. The predicted molar refractivity (Wildman–Crippen MR) is 126 cm³/mol. The number of carbonyl (C=O) groups excluding carboxylic acids is 5. The summed E-state index contributed by atoms with van der Waals surface area (Å²) in [7, 11) is 0. The molecule has 1 aliphatic heterocycles. The maximum absolute atomic E-state index is 13.0. The molecule has 1 heterocycles. The van der Waals surface area contributed by atoms with Crippen molar-refractivity contribution < 1.29 is 29.1 Å². The molecule has 1 fully saturated rings. The highest BCUT2D eigenvalue weighted by Gasteiger charge is 2.32. The second kappa shape index (κ2) is 12.8. The zero-order valence-electron chi connectivity index (χ0n) is 19.8. The third kappa shape index (κ3) is 7.95. The Morgan fingerprint density at radius 3 is 2.41 bits per heavy atom. The molecule has 0 radical (unpaired) electrons. The third-order valence-electron chi connectivity index (χ3n) is 5.71. The monoisotopic (exact) mass is 474 g/mol. The SMILES string of the molecule is Cc1ccccc1NC(=O)C(=O)N[C@@H](CC(C)C)C(=O)N[C@@H](C[C@@H]1CCCNC1=O)C(=O)CO. The molecule has 1 aromatic rings. The number of amides is 4. The van der Waals surface area contributed by atoms with E-state index in [0.29, 0.717) is 18.7 Å². The fraction of sp³-hybridized carbons (Fsp3) is 0.542. The second-order valence-electron chi connectivity index (χ2n) is 8.98. The van der Waals surface area contributed by atoms with Crippen LogP contribution < -0.4 is 21.3 Å². The topological polar surface area (TPSA) is 154 Å². The number of carbonyl (C=O) groups is 5. The number of hydrogen-bond donors (Lipinski definition) is 5. The molecule has 186 valence electrons. The van der Waals surface area contributed by atoms with Gasteiger partial charge in [-0.3, -0.25) is 24.0 Å². The van der Waals surface area contributed by atoms with Gasteiger partial charge in [-0.1, -0.05) is 32.0 Å². The number of benzene rings is 1. The van der Waals surface area contributed by atoms with Crippen molar-refractivity contribution >= 4 is 35.1 Å². The van der Waals surface area contributed by atoms with E-state index >= 15 is 0 Å². The van der Waals surface area contributed by atoms with Gasteiger partial charge in [0.1, 0.15) is 12.6 Å². The van der Waals surface area contributed by atoms with Crippen LogP contribution in [0.1, 0.15) is 45.1 Å². The van der Waals surface area contributed by atoms with Crippen molar-refractivity contribution in [2.45, 2.75) is 58.5 Å². The number of rotatable bonds is 10. The van der Waals surface area contributed by atoms with E-state index in [1.165, 1.54) is 0 Å². The van der Waals surface area contributed by atoms with Crippen LogP contribution in [0.2, 0.25) is 0 Å². The van der Waals surface area contributed by atoms with Crippen LogP contribution in [0, 0.1) is 18.8 Å². The van der Waals surface area contributed by atoms with Gasteiger partial charge in [0.05, 0.1) is 6.04 Å². The average Bonchev–Trinajstić information content (AvgIpc) is 2.80. The molecule has 0 bridgehead atoms. The lowest BCUT2D eigenvalue weighted by molar-refractivity contribution is -0.138. The van der Waals surface area contributed by atoms with Gasteiger partial charge in [0.15, 0.2) is 5.78 Å². The van der Waals surface area contributed by atoms with Gasteiger partial charge in [-0.2, -0.15) is 0 Å². The van der Waals surface area contributed by atoms with E-state index in [1.54, 1.807) is 31.2 Å². The van der Waals surface area contributed by atoms with E-state index in [1.807, 2.05) is 13.8 Å². The van der Waals surface area contributed by atoms with Crippen LogP contribution in [0.4, 0.5) is 5.69 Å². The molecule has 5 N–H and O–H groups in total. The molecular formula is C24H34N4O6. The van der Waals surface area contributed by atoms with Crippen LogP contribution >= 0.6 is 0 Å². The summed E-state index contributed by atoms with van der Waals surface area (Å²) in [5.74, 6) is -3.86. The molecular weight excluding hydrogens is 440 g/mol. The zero-order valence-corrected chi connectivity index (χ0v) is 19.8. The highest BCUT2D eigenvalue weighted by molar-refractivity contribution is 6.40. The van der Waals surface area contributed by atoms with E-state index in [-0.39, 0.29) is 24.7 Å². The smallest absolute Gasteiger partial charge is 0.313 e. The Balaban J connectivity index is 2.08. The summed E-state index contributed by atoms with van der Waals surface area (Å²) in [6, 6.07) is 4.80. The summed E-state index contributed by atoms with van der Waals surface area (Å²) in [6.07, 6.45) is 1.60. The van der Waals surface area contributed by atoms with Gasteiger partial charge in [-0.15, -0.1) is 0 Å². The number of anilines is 1. The first kappa shape index (κ1) is 27.0. The van der Waals surface area contributed by atoms with Crippen molar-refractivity contribution in [3.63, 3.8) is 0 Å². The summed E-state index contributed by atoms with van der Waals surface area (Å²) >= 11 is 0. The van der Waals surface area contributed by atoms with Crippen molar-refractivity contribution in [1.29, 1.82) is 0 Å². The Kier molecular flexibility index (Phi) is 10.2. The molecule has 34 heavy (non-hydrogen) atoms. The normalized spacial score (nSPS) is 17.3. The van der Waals surface area contributed by atoms with Crippen LogP contribution in [0.15, 0.2) is 24.3 Å². The van der Waals surface area contributed by atoms with Crippen LogP contribution in [-0.2, 0) is 24.0 Å².